The van der Waals surface area contributed by atoms with Gasteiger partial charge in [0.2, 0.25) is 0 Å². The van der Waals surface area contributed by atoms with Crippen LogP contribution in [0.15, 0.2) is 18.3 Å². The van der Waals surface area contributed by atoms with Gasteiger partial charge in [0, 0.05) is 49.8 Å². The van der Waals surface area contributed by atoms with Crippen LogP contribution in [0.5, 0.6) is 0 Å². The second-order valence-electron chi connectivity index (χ2n) is 6.60. The van der Waals surface area contributed by atoms with Crippen LogP contribution in [0.3, 0.4) is 0 Å². The molecule has 2 saturated heterocycles. The minimum Gasteiger partial charge on any atom is -0.371 e. The fourth-order valence-corrected chi connectivity index (χ4v) is 4.14. The molecule has 2 aliphatic rings. The minimum atomic E-state index is 0.236. The van der Waals surface area contributed by atoms with Gasteiger partial charge < -0.3 is 15.0 Å². The molecule has 1 atom stereocenters. The molecule has 0 amide bonds. The molecule has 2 aromatic heterocycles. The molecule has 0 radical (unpaired) electrons. The van der Waals surface area contributed by atoms with Crippen molar-refractivity contribution in [3.63, 3.8) is 0 Å². The van der Waals surface area contributed by atoms with Gasteiger partial charge in [-0.3, -0.25) is 0 Å². The molecular weight excluding hydrogens is 322 g/mol. The SMILES string of the molecule is Cc1ccc(N2CC(CNCc3cnc(C4CCCO4)s3)C2)nn1. The maximum atomic E-state index is 5.69. The van der Waals surface area contributed by atoms with E-state index in [0.717, 1.165) is 62.1 Å². The first kappa shape index (κ1) is 15.9. The lowest BCUT2D eigenvalue weighted by atomic mass is 10.0. The van der Waals surface area contributed by atoms with Crippen molar-refractivity contribution in [3.05, 3.63) is 33.9 Å². The Kier molecular flexibility index (Phi) is 4.73. The number of rotatable bonds is 6. The van der Waals surface area contributed by atoms with E-state index in [1.165, 1.54) is 4.88 Å². The summed E-state index contributed by atoms with van der Waals surface area (Å²) >= 11 is 1.78. The maximum Gasteiger partial charge on any atom is 0.151 e. The average Bonchev–Trinajstić information content (AvgIpc) is 3.22. The van der Waals surface area contributed by atoms with E-state index < -0.39 is 0 Å². The van der Waals surface area contributed by atoms with Gasteiger partial charge in [0.1, 0.15) is 11.1 Å². The normalized spacial score (nSPS) is 21.2. The molecule has 2 aromatic rings. The largest absolute Gasteiger partial charge is 0.371 e. The zero-order valence-corrected chi connectivity index (χ0v) is 14.8. The molecule has 4 heterocycles. The van der Waals surface area contributed by atoms with Crippen LogP contribution >= 0.6 is 11.3 Å². The average molecular weight is 345 g/mol. The second kappa shape index (κ2) is 7.13. The fraction of sp³-hybridized carbons (Fsp3) is 0.588. The molecule has 0 spiro atoms. The molecule has 0 saturated carbocycles. The Morgan fingerprint density at radius 3 is 3.00 bits per heavy atom. The van der Waals surface area contributed by atoms with Crippen molar-refractivity contribution in [2.75, 3.05) is 31.1 Å². The van der Waals surface area contributed by atoms with E-state index in [4.69, 9.17) is 4.74 Å². The van der Waals surface area contributed by atoms with E-state index in [0.29, 0.717) is 5.92 Å². The smallest absolute Gasteiger partial charge is 0.151 e. The molecule has 1 N–H and O–H groups in total. The second-order valence-corrected chi connectivity index (χ2v) is 7.75. The van der Waals surface area contributed by atoms with Gasteiger partial charge in [0.25, 0.3) is 0 Å². The van der Waals surface area contributed by atoms with Gasteiger partial charge >= 0.3 is 0 Å². The molecular formula is C17H23N5OS. The number of ether oxygens (including phenoxy) is 1. The molecule has 128 valence electrons. The van der Waals surface area contributed by atoms with E-state index in [-0.39, 0.29) is 6.10 Å². The Balaban J connectivity index is 1.18. The van der Waals surface area contributed by atoms with Crippen LogP contribution in [0.2, 0.25) is 0 Å². The third-order valence-electron chi connectivity index (χ3n) is 4.57. The van der Waals surface area contributed by atoms with Crippen LogP contribution in [0, 0.1) is 12.8 Å². The number of nitrogens with one attached hydrogen (secondary N) is 1. The number of anilines is 1. The highest BCUT2D eigenvalue weighted by molar-refractivity contribution is 7.11. The van der Waals surface area contributed by atoms with Crippen molar-refractivity contribution in [2.45, 2.75) is 32.4 Å². The lowest BCUT2D eigenvalue weighted by molar-refractivity contribution is 0.111. The summed E-state index contributed by atoms with van der Waals surface area (Å²) in [4.78, 5) is 8.09. The Morgan fingerprint density at radius 1 is 1.33 bits per heavy atom. The number of thiazole rings is 1. The van der Waals surface area contributed by atoms with Crippen molar-refractivity contribution in [1.82, 2.24) is 20.5 Å². The molecule has 0 bridgehead atoms. The number of nitrogens with zero attached hydrogens (tertiary/aromatic N) is 4. The summed E-state index contributed by atoms with van der Waals surface area (Å²) in [5, 5.41) is 13.1. The molecule has 0 aliphatic carbocycles. The van der Waals surface area contributed by atoms with Crippen molar-refractivity contribution in [1.29, 1.82) is 0 Å². The van der Waals surface area contributed by atoms with Crippen LogP contribution in [-0.4, -0.2) is 41.4 Å². The Bertz CT molecular complexity index is 662. The first-order chi connectivity index (χ1) is 11.8. The van der Waals surface area contributed by atoms with Crippen LogP contribution < -0.4 is 10.2 Å². The van der Waals surface area contributed by atoms with Gasteiger partial charge in [-0.25, -0.2) is 4.98 Å². The highest BCUT2D eigenvalue weighted by atomic mass is 32.1. The summed E-state index contributed by atoms with van der Waals surface area (Å²) in [5.41, 5.74) is 0.962. The molecule has 0 aromatic carbocycles. The molecule has 24 heavy (non-hydrogen) atoms. The quantitative estimate of drug-likeness (QED) is 0.867. The maximum absolute atomic E-state index is 5.69. The number of hydrogen-bond acceptors (Lipinski definition) is 7. The van der Waals surface area contributed by atoms with E-state index in [9.17, 15) is 0 Å². The lowest BCUT2D eigenvalue weighted by Crippen LogP contribution is -2.51. The summed E-state index contributed by atoms with van der Waals surface area (Å²) in [7, 11) is 0. The van der Waals surface area contributed by atoms with Gasteiger partial charge in [0.15, 0.2) is 5.82 Å². The number of aryl methyl sites for hydroxylation is 1. The van der Waals surface area contributed by atoms with E-state index in [1.54, 1.807) is 11.3 Å². The van der Waals surface area contributed by atoms with Crippen molar-refractivity contribution in [2.24, 2.45) is 5.92 Å². The van der Waals surface area contributed by atoms with Crippen molar-refractivity contribution >= 4 is 17.2 Å². The standard InChI is InChI=1S/C17H23N5OS/c1-12-4-5-16(21-20-12)22-10-13(11-22)7-18-8-14-9-19-17(24-14)15-3-2-6-23-15/h4-5,9,13,15,18H,2-3,6-8,10-11H2,1H3. The molecule has 2 fully saturated rings. The minimum absolute atomic E-state index is 0.236. The van der Waals surface area contributed by atoms with Crippen LogP contribution in [0.4, 0.5) is 5.82 Å². The van der Waals surface area contributed by atoms with Gasteiger partial charge in [0.05, 0.1) is 5.69 Å². The lowest BCUT2D eigenvalue weighted by Gasteiger charge is -2.40. The van der Waals surface area contributed by atoms with Crippen molar-refractivity contribution < 1.29 is 4.74 Å². The third-order valence-corrected chi connectivity index (χ3v) is 5.66. The van der Waals surface area contributed by atoms with Crippen molar-refractivity contribution in [3.8, 4) is 0 Å². The summed E-state index contributed by atoms with van der Waals surface area (Å²) in [6.07, 6.45) is 4.49. The Hall–Kier alpha value is -1.57. The highest BCUT2D eigenvalue weighted by Crippen LogP contribution is 2.31. The first-order valence-electron chi connectivity index (χ1n) is 8.60. The van der Waals surface area contributed by atoms with Crippen LogP contribution in [0.1, 0.15) is 34.5 Å². The highest BCUT2D eigenvalue weighted by Gasteiger charge is 2.27. The van der Waals surface area contributed by atoms with Gasteiger partial charge in [-0.15, -0.1) is 16.4 Å². The summed E-state index contributed by atoms with van der Waals surface area (Å²) in [6, 6.07) is 4.07. The number of aromatic nitrogens is 3. The molecule has 1 unspecified atom stereocenters. The van der Waals surface area contributed by atoms with E-state index in [2.05, 4.69) is 31.5 Å². The van der Waals surface area contributed by atoms with Gasteiger partial charge in [-0.1, -0.05) is 0 Å². The predicted molar refractivity (Wildman–Crippen MR) is 94.2 cm³/mol. The molecule has 7 heteroatoms. The van der Waals surface area contributed by atoms with Crippen LogP contribution in [0.25, 0.3) is 0 Å². The molecule has 6 nitrogen and oxygen atoms in total. The van der Waals surface area contributed by atoms with E-state index in [1.807, 2.05) is 19.2 Å². The zero-order chi connectivity index (χ0) is 16.4. The predicted octanol–water partition coefficient (Wildman–Crippen LogP) is 2.32. The Labute approximate surface area is 146 Å². The monoisotopic (exact) mass is 345 g/mol. The summed E-state index contributed by atoms with van der Waals surface area (Å²) in [6.45, 7) is 6.86. The van der Waals surface area contributed by atoms with Gasteiger partial charge in [-0.05, 0) is 31.9 Å². The summed E-state index contributed by atoms with van der Waals surface area (Å²) in [5.74, 6) is 1.67. The molecule has 4 rings (SSSR count). The topological polar surface area (TPSA) is 63.2 Å². The third kappa shape index (κ3) is 3.58. The molecule has 2 aliphatic heterocycles. The first-order valence-corrected chi connectivity index (χ1v) is 9.42. The van der Waals surface area contributed by atoms with Crippen LogP contribution in [-0.2, 0) is 11.3 Å². The zero-order valence-electron chi connectivity index (χ0n) is 13.9. The van der Waals surface area contributed by atoms with Gasteiger partial charge in [-0.2, -0.15) is 5.10 Å². The summed E-state index contributed by atoms with van der Waals surface area (Å²) < 4.78 is 5.69. The Morgan fingerprint density at radius 2 is 2.25 bits per heavy atom. The number of hydrogen-bond donors (Lipinski definition) is 1. The fourth-order valence-electron chi connectivity index (χ4n) is 3.17. The van der Waals surface area contributed by atoms with E-state index >= 15 is 0 Å².